The van der Waals surface area contributed by atoms with Gasteiger partial charge in [0.1, 0.15) is 5.69 Å². The van der Waals surface area contributed by atoms with Gasteiger partial charge >= 0.3 is 5.97 Å². The Balaban J connectivity index is 1.55. The molecule has 24 heavy (non-hydrogen) atoms. The van der Waals surface area contributed by atoms with Crippen molar-refractivity contribution in [2.24, 2.45) is 28.9 Å². The number of hydrazone groups is 1. The molecule has 130 valence electrons. The summed E-state index contributed by atoms with van der Waals surface area (Å²) in [6, 6.07) is 3.40. The number of hydrogen-bond acceptors (Lipinski definition) is 4. The summed E-state index contributed by atoms with van der Waals surface area (Å²) in [6.45, 7) is 6.48. The van der Waals surface area contributed by atoms with Gasteiger partial charge in [-0.2, -0.15) is 5.10 Å². The van der Waals surface area contributed by atoms with Crippen molar-refractivity contribution in [3.63, 3.8) is 0 Å². The molecule has 2 bridgehead atoms. The molecule has 1 aromatic heterocycles. The summed E-state index contributed by atoms with van der Waals surface area (Å²) < 4.78 is 6.68. The van der Waals surface area contributed by atoms with Crippen molar-refractivity contribution >= 4 is 17.6 Å². The number of amides is 1. The van der Waals surface area contributed by atoms with Crippen molar-refractivity contribution in [3.05, 3.63) is 24.0 Å². The predicted octanol–water partition coefficient (Wildman–Crippen LogP) is 2.50. The average molecular weight is 331 g/mol. The summed E-state index contributed by atoms with van der Waals surface area (Å²) in [5.74, 6) is -0.291. The van der Waals surface area contributed by atoms with Gasteiger partial charge in [-0.15, -0.1) is 0 Å². The second-order valence-electron chi connectivity index (χ2n) is 7.67. The lowest BCUT2D eigenvalue weighted by Crippen LogP contribution is -2.35. The lowest BCUT2D eigenvalue weighted by atomic mass is 9.70. The van der Waals surface area contributed by atoms with E-state index in [9.17, 15) is 9.59 Å². The van der Waals surface area contributed by atoms with Crippen LogP contribution in [0.25, 0.3) is 0 Å². The van der Waals surface area contributed by atoms with Crippen LogP contribution in [0, 0.1) is 16.7 Å². The summed E-state index contributed by atoms with van der Waals surface area (Å²) in [7, 11) is 1.75. The van der Waals surface area contributed by atoms with Crippen LogP contribution in [0.2, 0.25) is 0 Å². The van der Waals surface area contributed by atoms with Gasteiger partial charge in [-0.05, 0) is 42.7 Å². The van der Waals surface area contributed by atoms with Gasteiger partial charge < -0.3 is 9.30 Å². The SMILES string of the molecule is Cn1cccc1C(=O)OCC(=O)N/N=C1\CC2CCC1(C)C2(C)C. The number of nitrogens with one attached hydrogen (secondary N) is 1. The molecule has 1 heterocycles. The van der Waals surface area contributed by atoms with Gasteiger partial charge in [-0.1, -0.05) is 20.8 Å². The minimum absolute atomic E-state index is 0.0463. The van der Waals surface area contributed by atoms with Gasteiger partial charge in [0.15, 0.2) is 6.61 Å². The van der Waals surface area contributed by atoms with E-state index < -0.39 is 11.9 Å². The van der Waals surface area contributed by atoms with Crippen LogP contribution in [0.5, 0.6) is 0 Å². The number of carbonyl (C=O) groups excluding carboxylic acids is 2. The zero-order valence-electron chi connectivity index (χ0n) is 14.8. The highest BCUT2D eigenvalue weighted by atomic mass is 16.5. The fourth-order valence-electron chi connectivity index (χ4n) is 4.14. The van der Waals surface area contributed by atoms with Crippen molar-refractivity contribution in [1.82, 2.24) is 9.99 Å². The van der Waals surface area contributed by atoms with E-state index in [-0.39, 0.29) is 17.4 Å². The van der Waals surface area contributed by atoms with Crippen molar-refractivity contribution < 1.29 is 14.3 Å². The van der Waals surface area contributed by atoms with Crippen LogP contribution >= 0.6 is 0 Å². The summed E-state index contributed by atoms with van der Waals surface area (Å²) >= 11 is 0. The maximum absolute atomic E-state index is 11.9. The molecule has 0 aliphatic heterocycles. The van der Waals surface area contributed by atoms with Gasteiger partial charge in [0.05, 0.1) is 0 Å². The van der Waals surface area contributed by atoms with E-state index in [0.717, 1.165) is 18.6 Å². The Morgan fingerprint density at radius 2 is 2.17 bits per heavy atom. The Kier molecular flexibility index (Phi) is 4.01. The first-order valence-corrected chi connectivity index (χ1v) is 8.40. The Morgan fingerprint density at radius 3 is 2.71 bits per heavy atom. The number of nitrogens with zero attached hydrogens (tertiary/aromatic N) is 2. The highest BCUT2D eigenvalue weighted by Gasteiger charge is 2.59. The van der Waals surface area contributed by atoms with Crippen LogP contribution in [-0.2, 0) is 16.6 Å². The van der Waals surface area contributed by atoms with E-state index in [0.29, 0.717) is 11.6 Å². The van der Waals surface area contributed by atoms with Crippen LogP contribution in [-0.4, -0.2) is 28.8 Å². The third-order valence-corrected chi connectivity index (χ3v) is 6.32. The van der Waals surface area contributed by atoms with E-state index in [1.165, 1.54) is 6.42 Å². The van der Waals surface area contributed by atoms with Gasteiger partial charge in [-0.25, -0.2) is 10.2 Å². The summed E-state index contributed by atoms with van der Waals surface area (Å²) in [5, 5.41) is 4.35. The molecule has 0 radical (unpaired) electrons. The number of rotatable bonds is 4. The van der Waals surface area contributed by atoms with Crippen LogP contribution < -0.4 is 5.43 Å². The van der Waals surface area contributed by atoms with E-state index in [1.807, 2.05) is 0 Å². The largest absolute Gasteiger partial charge is 0.451 e. The lowest BCUT2D eigenvalue weighted by molar-refractivity contribution is -0.124. The fourth-order valence-corrected chi connectivity index (χ4v) is 4.14. The standard InChI is InChI=1S/C18H25N3O3/c1-17(2)12-7-8-18(17,3)14(10-12)19-20-15(22)11-24-16(23)13-6-5-9-21(13)4/h5-6,9,12H,7-8,10-11H2,1-4H3,(H,20,22)/b19-14+. The monoisotopic (exact) mass is 331 g/mol. The highest BCUT2D eigenvalue weighted by Crippen LogP contribution is 2.63. The number of aryl methyl sites for hydroxylation is 1. The van der Waals surface area contributed by atoms with Gasteiger partial charge in [0, 0.05) is 24.4 Å². The first-order valence-electron chi connectivity index (χ1n) is 8.40. The minimum atomic E-state index is -0.515. The van der Waals surface area contributed by atoms with Gasteiger partial charge in [-0.3, -0.25) is 4.79 Å². The molecule has 6 heteroatoms. The van der Waals surface area contributed by atoms with Gasteiger partial charge in [0.2, 0.25) is 0 Å². The van der Waals surface area contributed by atoms with Crippen LogP contribution in [0.4, 0.5) is 0 Å². The number of ether oxygens (including phenoxy) is 1. The second-order valence-corrected chi connectivity index (χ2v) is 7.67. The molecule has 1 N–H and O–H groups in total. The Bertz CT molecular complexity index is 704. The van der Waals surface area contributed by atoms with E-state index in [4.69, 9.17) is 4.74 Å². The topological polar surface area (TPSA) is 72.7 Å². The Morgan fingerprint density at radius 1 is 1.42 bits per heavy atom. The first kappa shape index (κ1) is 16.7. The molecule has 2 unspecified atom stereocenters. The van der Waals surface area contributed by atoms with Crippen molar-refractivity contribution in [3.8, 4) is 0 Å². The summed E-state index contributed by atoms with van der Waals surface area (Å²) in [6.07, 6.45) is 5.03. The van der Waals surface area contributed by atoms with Crippen LogP contribution in [0.1, 0.15) is 50.5 Å². The third-order valence-electron chi connectivity index (χ3n) is 6.32. The molecule has 2 saturated carbocycles. The Labute approximate surface area is 142 Å². The average Bonchev–Trinajstić information content (AvgIpc) is 3.11. The predicted molar refractivity (Wildman–Crippen MR) is 90.5 cm³/mol. The molecule has 2 aliphatic rings. The first-order chi connectivity index (χ1) is 11.3. The van der Waals surface area contributed by atoms with Crippen molar-refractivity contribution in [2.45, 2.75) is 40.0 Å². The van der Waals surface area contributed by atoms with Gasteiger partial charge in [0.25, 0.3) is 5.91 Å². The third kappa shape index (κ3) is 2.54. The highest BCUT2D eigenvalue weighted by molar-refractivity contribution is 5.95. The molecule has 3 rings (SSSR count). The summed E-state index contributed by atoms with van der Waals surface area (Å²) in [5.41, 5.74) is 4.29. The zero-order valence-corrected chi connectivity index (χ0v) is 14.8. The van der Waals surface area contributed by atoms with E-state index in [2.05, 4.69) is 31.3 Å². The number of hydrogen-bond donors (Lipinski definition) is 1. The fraction of sp³-hybridized carbons (Fsp3) is 0.611. The number of esters is 1. The normalized spacial score (nSPS) is 29.0. The molecule has 2 aliphatic carbocycles. The minimum Gasteiger partial charge on any atom is -0.451 e. The zero-order chi connectivity index (χ0) is 17.5. The molecule has 0 aromatic carbocycles. The molecular weight excluding hydrogens is 306 g/mol. The smallest absolute Gasteiger partial charge is 0.355 e. The molecule has 1 amide bonds. The second kappa shape index (κ2) is 5.76. The molecule has 2 fully saturated rings. The van der Waals surface area contributed by atoms with E-state index in [1.54, 1.807) is 29.9 Å². The maximum Gasteiger partial charge on any atom is 0.355 e. The van der Waals surface area contributed by atoms with Crippen LogP contribution in [0.3, 0.4) is 0 Å². The molecule has 2 atom stereocenters. The number of fused-ring (bicyclic) bond motifs is 2. The molecular formula is C18H25N3O3. The molecule has 6 nitrogen and oxygen atoms in total. The lowest BCUT2D eigenvalue weighted by Gasteiger charge is -2.34. The Hall–Kier alpha value is -2.11. The number of carbonyl (C=O) groups is 2. The van der Waals surface area contributed by atoms with Crippen molar-refractivity contribution in [1.29, 1.82) is 0 Å². The molecule has 0 saturated heterocycles. The van der Waals surface area contributed by atoms with E-state index >= 15 is 0 Å². The maximum atomic E-state index is 11.9. The summed E-state index contributed by atoms with van der Waals surface area (Å²) in [4.78, 5) is 23.8. The van der Waals surface area contributed by atoms with Crippen LogP contribution in [0.15, 0.2) is 23.4 Å². The number of aromatic nitrogens is 1. The quantitative estimate of drug-likeness (QED) is 0.680. The molecule has 0 spiro atoms. The molecule has 1 aromatic rings. The van der Waals surface area contributed by atoms with Crippen molar-refractivity contribution in [2.75, 3.05) is 6.61 Å².